The Balaban J connectivity index is 1.73. The second-order valence-corrected chi connectivity index (χ2v) is 8.35. The van der Waals surface area contributed by atoms with Gasteiger partial charge < -0.3 is 15.5 Å². The smallest absolute Gasteiger partial charge is 0.317 e. The van der Waals surface area contributed by atoms with E-state index in [1.165, 1.54) is 32.1 Å². The van der Waals surface area contributed by atoms with Gasteiger partial charge in [-0.15, -0.1) is 0 Å². The Morgan fingerprint density at radius 2 is 1.68 bits per heavy atom. The standard InChI is InChI=1S/C20H37N3O2/c1-16(2)14-21-20(25)23-12-8-9-17(15-23)13-19(24)22-18-10-6-4-3-5-7-11-18/h16-18H,3-15H2,1-2H3,(H,21,25)(H,22,24). The van der Waals surface area contributed by atoms with Crippen molar-refractivity contribution in [2.45, 2.75) is 84.1 Å². The minimum absolute atomic E-state index is 0.0267. The number of urea groups is 1. The van der Waals surface area contributed by atoms with E-state index in [2.05, 4.69) is 24.5 Å². The average molecular weight is 352 g/mol. The van der Waals surface area contributed by atoms with Crippen molar-refractivity contribution >= 4 is 11.9 Å². The monoisotopic (exact) mass is 351 g/mol. The summed E-state index contributed by atoms with van der Waals surface area (Å²) in [6.45, 7) is 6.42. The van der Waals surface area contributed by atoms with Gasteiger partial charge in [-0.1, -0.05) is 46.0 Å². The molecule has 1 aliphatic carbocycles. The second-order valence-electron chi connectivity index (χ2n) is 8.35. The topological polar surface area (TPSA) is 61.4 Å². The maximum Gasteiger partial charge on any atom is 0.317 e. The van der Waals surface area contributed by atoms with Crippen LogP contribution in [0, 0.1) is 11.8 Å². The highest BCUT2D eigenvalue weighted by molar-refractivity contribution is 5.77. The maximum absolute atomic E-state index is 12.4. The maximum atomic E-state index is 12.4. The average Bonchev–Trinajstić information content (AvgIpc) is 2.55. The van der Waals surface area contributed by atoms with Crippen LogP contribution in [-0.2, 0) is 4.79 Å². The zero-order valence-electron chi connectivity index (χ0n) is 16.2. The van der Waals surface area contributed by atoms with Crippen molar-refractivity contribution in [3.05, 3.63) is 0 Å². The molecule has 2 N–H and O–H groups in total. The normalized spacial score (nSPS) is 23.0. The van der Waals surface area contributed by atoms with Gasteiger partial charge in [-0.25, -0.2) is 4.79 Å². The summed E-state index contributed by atoms with van der Waals surface area (Å²) in [7, 11) is 0. The molecular formula is C20H37N3O2. The van der Waals surface area contributed by atoms with E-state index in [0.29, 0.717) is 37.4 Å². The number of hydrogen-bond donors (Lipinski definition) is 2. The Kier molecular flexibility index (Phi) is 8.56. The van der Waals surface area contributed by atoms with Gasteiger partial charge >= 0.3 is 6.03 Å². The van der Waals surface area contributed by atoms with Gasteiger partial charge in [-0.3, -0.25) is 4.79 Å². The summed E-state index contributed by atoms with van der Waals surface area (Å²) in [5.74, 6) is 0.936. The molecule has 1 saturated heterocycles. The zero-order valence-corrected chi connectivity index (χ0v) is 16.2. The van der Waals surface area contributed by atoms with E-state index in [4.69, 9.17) is 0 Å². The SMILES string of the molecule is CC(C)CNC(=O)N1CCCC(CC(=O)NC2CCCCCCC2)C1. The summed E-state index contributed by atoms with van der Waals surface area (Å²) in [5.41, 5.74) is 0. The van der Waals surface area contributed by atoms with Crippen molar-refractivity contribution in [3.63, 3.8) is 0 Å². The summed E-state index contributed by atoms with van der Waals surface area (Å²) in [5, 5.41) is 6.25. The lowest BCUT2D eigenvalue weighted by atomic mass is 9.93. The Bertz CT molecular complexity index is 417. The number of likely N-dealkylation sites (tertiary alicyclic amines) is 1. The third-order valence-electron chi connectivity index (χ3n) is 5.41. The third-order valence-corrected chi connectivity index (χ3v) is 5.41. The number of rotatable bonds is 5. The summed E-state index contributed by atoms with van der Waals surface area (Å²) >= 11 is 0. The van der Waals surface area contributed by atoms with E-state index in [0.717, 1.165) is 32.2 Å². The summed E-state index contributed by atoms with van der Waals surface area (Å²) < 4.78 is 0. The molecule has 144 valence electrons. The fourth-order valence-corrected chi connectivity index (χ4v) is 3.97. The summed E-state index contributed by atoms with van der Waals surface area (Å²) in [4.78, 5) is 26.6. The number of piperidine rings is 1. The van der Waals surface area contributed by atoms with Crippen molar-refractivity contribution in [2.24, 2.45) is 11.8 Å². The van der Waals surface area contributed by atoms with Crippen LogP contribution in [0.3, 0.4) is 0 Å². The van der Waals surface area contributed by atoms with Gasteiger partial charge in [0.2, 0.25) is 5.91 Å². The van der Waals surface area contributed by atoms with Crippen LogP contribution in [0.2, 0.25) is 0 Å². The molecular weight excluding hydrogens is 314 g/mol. The summed E-state index contributed by atoms with van der Waals surface area (Å²) in [6, 6.07) is 0.390. The van der Waals surface area contributed by atoms with E-state index >= 15 is 0 Å². The Morgan fingerprint density at radius 1 is 1.00 bits per heavy atom. The zero-order chi connectivity index (χ0) is 18.1. The summed E-state index contributed by atoms with van der Waals surface area (Å²) in [6.07, 6.45) is 11.3. The first-order valence-electron chi connectivity index (χ1n) is 10.4. The molecule has 0 aromatic heterocycles. The minimum Gasteiger partial charge on any atom is -0.353 e. The molecule has 3 amide bonds. The van der Waals surface area contributed by atoms with Crippen LogP contribution in [0.25, 0.3) is 0 Å². The predicted molar refractivity (Wildman–Crippen MR) is 101 cm³/mol. The van der Waals surface area contributed by atoms with Crippen LogP contribution < -0.4 is 10.6 Å². The highest BCUT2D eigenvalue weighted by atomic mass is 16.2. The number of amides is 3. The molecule has 2 rings (SSSR count). The fourth-order valence-electron chi connectivity index (χ4n) is 3.97. The number of nitrogens with zero attached hydrogens (tertiary/aromatic N) is 1. The fraction of sp³-hybridized carbons (Fsp3) is 0.900. The van der Waals surface area contributed by atoms with Gasteiger partial charge in [-0.2, -0.15) is 0 Å². The first-order valence-corrected chi connectivity index (χ1v) is 10.4. The van der Waals surface area contributed by atoms with Gasteiger partial charge in [0.25, 0.3) is 0 Å². The molecule has 1 atom stereocenters. The Labute approximate surface area is 153 Å². The number of carbonyl (C=O) groups is 2. The lowest BCUT2D eigenvalue weighted by molar-refractivity contribution is -0.123. The molecule has 0 aromatic carbocycles. The van der Waals surface area contributed by atoms with Crippen molar-refractivity contribution in [1.29, 1.82) is 0 Å². The molecule has 1 aliphatic heterocycles. The third kappa shape index (κ3) is 7.66. The van der Waals surface area contributed by atoms with Crippen LogP contribution in [-0.4, -0.2) is 42.5 Å². The Hall–Kier alpha value is -1.26. The van der Waals surface area contributed by atoms with Gasteiger partial charge in [0.05, 0.1) is 0 Å². The quantitative estimate of drug-likeness (QED) is 0.793. The second kappa shape index (κ2) is 10.7. The number of nitrogens with one attached hydrogen (secondary N) is 2. The van der Waals surface area contributed by atoms with Gasteiger partial charge in [0.15, 0.2) is 0 Å². The van der Waals surface area contributed by atoms with Crippen molar-refractivity contribution in [1.82, 2.24) is 15.5 Å². The predicted octanol–water partition coefficient (Wildman–Crippen LogP) is 3.68. The van der Waals surface area contributed by atoms with E-state index in [-0.39, 0.29) is 11.9 Å². The van der Waals surface area contributed by atoms with Gasteiger partial charge in [-0.05, 0) is 37.5 Å². The lowest BCUT2D eigenvalue weighted by Crippen LogP contribution is -2.47. The van der Waals surface area contributed by atoms with Gasteiger partial charge in [0.1, 0.15) is 0 Å². The van der Waals surface area contributed by atoms with Crippen LogP contribution in [0.4, 0.5) is 4.79 Å². The molecule has 1 saturated carbocycles. The first kappa shape index (κ1) is 20.1. The molecule has 1 heterocycles. The van der Waals surface area contributed by atoms with Gasteiger partial charge in [0, 0.05) is 32.1 Å². The van der Waals surface area contributed by atoms with E-state index in [1.54, 1.807) is 0 Å². The van der Waals surface area contributed by atoms with Crippen molar-refractivity contribution < 1.29 is 9.59 Å². The molecule has 25 heavy (non-hydrogen) atoms. The lowest BCUT2D eigenvalue weighted by Gasteiger charge is -2.33. The molecule has 1 unspecified atom stereocenters. The van der Waals surface area contributed by atoms with Crippen molar-refractivity contribution in [2.75, 3.05) is 19.6 Å². The van der Waals surface area contributed by atoms with Crippen LogP contribution in [0.5, 0.6) is 0 Å². The minimum atomic E-state index is 0.0267. The highest BCUT2D eigenvalue weighted by Crippen LogP contribution is 2.21. The molecule has 0 bridgehead atoms. The van der Waals surface area contributed by atoms with Crippen molar-refractivity contribution in [3.8, 4) is 0 Å². The van der Waals surface area contributed by atoms with Crippen LogP contribution in [0.1, 0.15) is 78.1 Å². The molecule has 0 radical (unpaired) electrons. The largest absolute Gasteiger partial charge is 0.353 e. The highest BCUT2D eigenvalue weighted by Gasteiger charge is 2.26. The van der Waals surface area contributed by atoms with E-state index < -0.39 is 0 Å². The number of carbonyl (C=O) groups excluding carboxylic acids is 2. The molecule has 2 aliphatic rings. The molecule has 2 fully saturated rings. The van der Waals surface area contributed by atoms with E-state index in [9.17, 15) is 9.59 Å². The molecule has 5 heteroatoms. The van der Waals surface area contributed by atoms with Crippen LogP contribution in [0.15, 0.2) is 0 Å². The van der Waals surface area contributed by atoms with E-state index in [1.807, 2.05) is 4.90 Å². The number of hydrogen-bond acceptors (Lipinski definition) is 2. The molecule has 0 aromatic rings. The molecule has 5 nitrogen and oxygen atoms in total. The Morgan fingerprint density at radius 3 is 2.36 bits per heavy atom. The first-order chi connectivity index (χ1) is 12.0. The van der Waals surface area contributed by atoms with Crippen LogP contribution >= 0.6 is 0 Å². The molecule has 0 spiro atoms.